The van der Waals surface area contributed by atoms with Crippen LogP contribution in [0, 0.1) is 17.2 Å². The summed E-state index contributed by atoms with van der Waals surface area (Å²) in [6, 6.07) is 2.87. The molecule has 3 unspecified atom stereocenters. The molecule has 5 heteroatoms. The lowest BCUT2D eigenvalue weighted by Gasteiger charge is -2.26. The highest BCUT2D eigenvalue weighted by Gasteiger charge is 2.29. The van der Waals surface area contributed by atoms with Crippen LogP contribution in [0.3, 0.4) is 0 Å². The number of amides is 1. The zero-order chi connectivity index (χ0) is 15.9. The molecule has 1 rings (SSSR count). The molecule has 0 aromatic carbocycles. The highest BCUT2D eigenvalue weighted by Crippen LogP contribution is 2.26. The zero-order valence-corrected chi connectivity index (χ0v) is 13.7. The molecule has 0 bridgehead atoms. The van der Waals surface area contributed by atoms with Gasteiger partial charge in [-0.25, -0.2) is 4.79 Å². The third kappa shape index (κ3) is 6.81. The standard InChI is InChI=1S/C16H29N3O2/c1-5-13(9-10-17)19-14-8-6-7-12(14)11-18-15(20)21-16(2,3)4/h12-14,19H,5-9,11H2,1-4H3,(H,18,20). The van der Waals surface area contributed by atoms with E-state index in [1.165, 1.54) is 6.42 Å². The molecule has 120 valence electrons. The molecule has 1 aliphatic rings. The van der Waals surface area contributed by atoms with Crippen molar-refractivity contribution in [3.63, 3.8) is 0 Å². The van der Waals surface area contributed by atoms with Crippen molar-refractivity contribution in [3.05, 3.63) is 0 Å². The minimum absolute atomic E-state index is 0.252. The van der Waals surface area contributed by atoms with Crippen LogP contribution in [0.15, 0.2) is 0 Å². The van der Waals surface area contributed by atoms with E-state index in [9.17, 15) is 4.79 Å². The summed E-state index contributed by atoms with van der Waals surface area (Å²) in [5.41, 5.74) is -0.461. The number of nitrogens with zero attached hydrogens (tertiary/aromatic N) is 1. The quantitative estimate of drug-likeness (QED) is 0.790. The van der Waals surface area contributed by atoms with Gasteiger partial charge in [-0.15, -0.1) is 0 Å². The van der Waals surface area contributed by atoms with Crippen molar-refractivity contribution in [3.8, 4) is 6.07 Å². The summed E-state index contributed by atoms with van der Waals surface area (Å²) in [6.45, 7) is 8.31. The Hall–Kier alpha value is -1.28. The SMILES string of the molecule is CCC(CC#N)NC1CCCC1CNC(=O)OC(C)(C)C. The van der Waals surface area contributed by atoms with Gasteiger partial charge in [0.1, 0.15) is 5.60 Å². The van der Waals surface area contributed by atoms with Crippen molar-refractivity contribution < 1.29 is 9.53 Å². The van der Waals surface area contributed by atoms with Gasteiger partial charge in [-0.1, -0.05) is 13.3 Å². The van der Waals surface area contributed by atoms with Gasteiger partial charge in [0.15, 0.2) is 0 Å². The highest BCUT2D eigenvalue weighted by molar-refractivity contribution is 5.67. The molecule has 0 aromatic rings. The molecule has 3 atom stereocenters. The Morgan fingerprint density at radius 3 is 2.71 bits per heavy atom. The van der Waals surface area contributed by atoms with Crippen molar-refractivity contribution in [2.75, 3.05) is 6.54 Å². The van der Waals surface area contributed by atoms with E-state index in [4.69, 9.17) is 10.00 Å². The summed E-state index contributed by atoms with van der Waals surface area (Å²) >= 11 is 0. The molecule has 0 radical (unpaired) electrons. The molecule has 0 aromatic heterocycles. The molecule has 1 saturated carbocycles. The lowest BCUT2D eigenvalue weighted by molar-refractivity contribution is 0.0517. The maximum atomic E-state index is 11.7. The van der Waals surface area contributed by atoms with Gasteiger partial charge in [0.2, 0.25) is 0 Å². The average molecular weight is 295 g/mol. The van der Waals surface area contributed by atoms with E-state index < -0.39 is 5.60 Å². The number of ether oxygens (including phenoxy) is 1. The Bertz CT molecular complexity index is 371. The van der Waals surface area contributed by atoms with E-state index in [1.807, 2.05) is 20.8 Å². The van der Waals surface area contributed by atoms with Crippen molar-refractivity contribution in [1.82, 2.24) is 10.6 Å². The minimum Gasteiger partial charge on any atom is -0.444 e. The molecule has 0 saturated heterocycles. The van der Waals surface area contributed by atoms with Gasteiger partial charge in [-0.3, -0.25) is 0 Å². The Morgan fingerprint density at radius 1 is 1.43 bits per heavy atom. The van der Waals surface area contributed by atoms with Crippen molar-refractivity contribution in [1.29, 1.82) is 5.26 Å². The summed E-state index contributed by atoms with van der Waals surface area (Å²) in [6.07, 6.45) is 4.53. The smallest absolute Gasteiger partial charge is 0.407 e. The average Bonchev–Trinajstić information content (AvgIpc) is 2.81. The van der Waals surface area contributed by atoms with Crippen molar-refractivity contribution in [2.24, 2.45) is 5.92 Å². The third-order valence-electron chi connectivity index (χ3n) is 3.85. The fraction of sp³-hybridized carbons (Fsp3) is 0.875. The second-order valence-corrected chi connectivity index (χ2v) is 6.81. The van der Waals surface area contributed by atoms with Crippen LogP contribution in [0.4, 0.5) is 4.79 Å². The maximum Gasteiger partial charge on any atom is 0.407 e. The first-order valence-corrected chi connectivity index (χ1v) is 7.95. The first-order chi connectivity index (χ1) is 9.85. The van der Waals surface area contributed by atoms with Crippen LogP contribution < -0.4 is 10.6 Å². The number of hydrogen-bond acceptors (Lipinski definition) is 4. The van der Waals surface area contributed by atoms with Crippen LogP contribution >= 0.6 is 0 Å². The summed E-state index contributed by atoms with van der Waals surface area (Å²) < 4.78 is 5.26. The lowest BCUT2D eigenvalue weighted by atomic mass is 10.0. The van der Waals surface area contributed by atoms with Gasteiger partial charge >= 0.3 is 6.09 Å². The highest BCUT2D eigenvalue weighted by atomic mass is 16.6. The molecule has 2 N–H and O–H groups in total. The van der Waals surface area contributed by atoms with E-state index >= 15 is 0 Å². The predicted octanol–water partition coefficient (Wildman–Crippen LogP) is 2.96. The van der Waals surface area contributed by atoms with E-state index in [1.54, 1.807) is 0 Å². The number of nitrogens with one attached hydrogen (secondary N) is 2. The van der Waals surface area contributed by atoms with E-state index in [0.29, 0.717) is 24.9 Å². The number of nitriles is 1. The molecule has 1 fully saturated rings. The summed E-state index contributed by atoms with van der Waals surface area (Å²) in [5, 5.41) is 15.3. The van der Waals surface area contributed by atoms with Crippen LogP contribution in [0.2, 0.25) is 0 Å². The molecule has 1 aliphatic carbocycles. The topological polar surface area (TPSA) is 74.2 Å². The zero-order valence-electron chi connectivity index (χ0n) is 13.7. The Morgan fingerprint density at radius 2 is 2.14 bits per heavy atom. The fourth-order valence-electron chi connectivity index (χ4n) is 2.76. The fourth-order valence-corrected chi connectivity index (χ4v) is 2.76. The third-order valence-corrected chi connectivity index (χ3v) is 3.85. The Labute approximate surface area is 128 Å². The predicted molar refractivity (Wildman–Crippen MR) is 82.8 cm³/mol. The summed E-state index contributed by atoms with van der Waals surface area (Å²) in [7, 11) is 0. The Balaban J connectivity index is 2.40. The van der Waals surface area contributed by atoms with Crippen LogP contribution in [0.1, 0.15) is 59.8 Å². The summed E-state index contributed by atoms with van der Waals surface area (Å²) in [4.78, 5) is 11.7. The lowest BCUT2D eigenvalue weighted by Crippen LogP contribution is -2.44. The van der Waals surface area contributed by atoms with Gasteiger partial charge in [-0.05, 0) is 46.0 Å². The molecular formula is C16H29N3O2. The second kappa shape index (κ2) is 8.23. The van der Waals surface area contributed by atoms with Crippen LogP contribution in [-0.2, 0) is 4.74 Å². The molecule has 0 aliphatic heterocycles. The van der Waals surface area contributed by atoms with Gasteiger partial charge in [0.25, 0.3) is 0 Å². The first-order valence-electron chi connectivity index (χ1n) is 7.95. The van der Waals surface area contributed by atoms with E-state index in [0.717, 1.165) is 19.3 Å². The summed E-state index contributed by atoms with van der Waals surface area (Å²) in [5.74, 6) is 0.422. The van der Waals surface area contributed by atoms with E-state index in [-0.39, 0.29) is 12.1 Å². The molecule has 0 heterocycles. The second-order valence-electron chi connectivity index (χ2n) is 6.81. The Kier molecular flexibility index (Phi) is 6.97. The number of carbonyl (C=O) groups excluding carboxylic acids is 1. The van der Waals surface area contributed by atoms with Crippen molar-refractivity contribution >= 4 is 6.09 Å². The number of alkyl carbamates (subject to hydrolysis) is 1. The molecule has 1 amide bonds. The van der Waals surface area contributed by atoms with E-state index in [2.05, 4.69) is 23.6 Å². The van der Waals surface area contributed by atoms with Crippen LogP contribution in [0.5, 0.6) is 0 Å². The molecular weight excluding hydrogens is 266 g/mol. The number of hydrogen-bond donors (Lipinski definition) is 2. The first kappa shape index (κ1) is 17.8. The number of rotatable bonds is 6. The van der Waals surface area contributed by atoms with Gasteiger partial charge in [-0.2, -0.15) is 5.26 Å². The van der Waals surface area contributed by atoms with Gasteiger partial charge < -0.3 is 15.4 Å². The monoisotopic (exact) mass is 295 g/mol. The minimum atomic E-state index is -0.461. The van der Waals surface area contributed by atoms with Gasteiger partial charge in [0, 0.05) is 18.6 Å². The van der Waals surface area contributed by atoms with Crippen molar-refractivity contribution in [2.45, 2.75) is 77.5 Å². The molecule has 21 heavy (non-hydrogen) atoms. The molecule has 5 nitrogen and oxygen atoms in total. The molecule has 0 spiro atoms. The van der Waals surface area contributed by atoms with Crippen LogP contribution in [-0.4, -0.2) is 30.3 Å². The van der Waals surface area contributed by atoms with Crippen LogP contribution in [0.25, 0.3) is 0 Å². The normalized spacial score (nSPS) is 23.4. The largest absolute Gasteiger partial charge is 0.444 e. The maximum absolute atomic E-state index is 11.7. The number of carbonyl (C=O) groups is 1. The van der Waals surface area contributed by atoms with Gasteiger partial charge in [0.05, 0.1) is 12.5 Å².